The summed E-state index contributed by atoms with van der Waals surface area (Å²) in [6.07, 6.45) is 3.79. The number of rotatable bonds is 6. The number of carbonyl (C=O) groups excluding carboxylic acids is 1. The van der Waals surface area contributed by atoms with E-state index in [2.05, 4.69) is 67.3 Å². The third kappa shape index (κ3) is 4.46. The van der Waals surface area contributed by atoms with Crippen LogP contribution >= 0.6 is 11.8 Å². The monoisotopic (exact) mass is 353 g/mol. The van der Waals surface area contributed by atoms with E-state index in [1.54, 1.807) is 0 Å². The van der Waals surface area contributed by atoms with Crippen molar-refractivity contribution in [2.45, 2.75) is 55.7 Å². The van der Waals surface area contributed by atoms with Crippen molar-refractivity contribution in [2.75, 3.05) is 6.54 Å². The first-order valence-electron chi connectivity index (χ1n) is 9.26. The fourth-order valence-corrected chi connectivity index (χ4v) is 4.79. The minimum Gasteiger partial charge on any atom is -0.335 e. The summed E-state index contributed by atoms with van der Waals surface area (Å²) in [7, 11) is 0. The Labute approximate surface area is 155 Å². The van der Waals surface area contributed by atoms with Crippen molar-refractivity contribution in [1.29, 1.82) is 0 Å². The maximum absolute atomic E-state index is 12.6. The van der Waals surface area contributed by atoms with Gasteiger partial charge < -0.3 is 4.90 Å². The Bertz CT molecular complexity index is 683. The molecule has 3 rings (SSSR count). The van der Waals surface area contributed by atoms with Crippen molar-refractivity contribution in [3.8, 4) is 0 Å². The van der Waals surface area contributed by atoms with Gasteiger partial charge in [0.2, 0.25) is 5.91 Å². The lowest BCUT2D eigenvalue weighted by molar-refractivity contribution is -0.136. The van der Waals surface area contributed by atoms with Gasteiger partial charge in [-0.05, 0) is 37.5 Å². The van der Waals surface area contributed by atoms with Gasteiger partial charge in [-0.1, -0.05) is 61.4 Å². The van der Waals surface area contributed by atoms with E-state index in [0.717, 1.165) is 25.8 Å². The lowest BCUT2D eigenvalue weighted by Crippen LogP contribution is -2.44. The lowest BCUT2D eigenvalue weighted by atomic mass is 9.94. The van der Waals surface area contributed by atoms with Gasteiger partial charge in [-0.2, -0.15) is 0 Å². The molecule has 1 aliphatic rings. The average molecular weight is 354 g/mol. The summed E-state index contributed by atoms with van der Waals surface area (Å²) in [6.45, 7) is 5.16. The molecule has 0 aliphatic carbocycles. The van der Waals surface area contributed by atoms with E-state index in [4.69, 9.17) is 0 Å². The van der Waals surface area contributed by atoms with E-state index >= 15 is 0 Å². The molecule has 0 aromatic heterocycles. The predicted molar refractivity (Wildman–Crippen MR) is 106 cm³/mol. The van der Waals surface area contributed by atoms with Crippen molar-refractivity contribution in [2.24, 2.45) is 0 Å². The molecule has 0 N–H and O–H groups in total. The van der Waals surface area contributed by atoms with E-state index in [1.807, 2.05) is 17.8 Å². The number of hydrogen-bond donors (Lipinski definition) is 0. The van der Waals surface area contributed by atoms with E-state index in [9.17, 15) is 4.79 Å². The first-order chi connectivity index (χ1) is 12.2. The van der Waals surface area contributed by atoms with Gasteiger partial charge in [0.05, 0.1) is 6.04 Å². The number of piperidine rings is 1. The number of hydrogen-bond acceptors (Lipinski definition) is 2. The number of aryl methyl sites for hydroxylation is 1. The molecule has 1 amide bonds. The Morgan fingerprint density at radius 1 is 1.08 bits per heavy atom. The van der Waals surface area contributed by atoms with Gasteiger partial charge in [-0.25, -0.2) is 0 Å². The Hall–Kier alpha value is -1.74. The first-order valence-corrected chi connectivity index (χ1v) is 10.1. The maximum Gasteiger partial charge on any atom is 0.223 e. The molecular weight excluding hydrogens is 326 g/mol. The standard InChI is InChI=1S/C22H27NOS/c1-3-4-16-23-21(24)15-14-20(22(23)18-8-6-5-7-9-18)25-19-12-10-17(2)11-13-19/h5-13,20,22H,3-4,14-16H2,1-2H3/t20-,22+/m0/s1. The molecule has 2 nitrogen and oxygen atoms in total. The Morgan fingerprint density at radius 2 is 1.80 bits per heavy atom. The molecule has 2 atom stereocenters. The summed E-state index contributed by atoms with van der Waals surface area (Å²) in [4.78, 5) is 16.1. The van der Waals surface area contributed by atoms with Crippen molar-refractivity contribution in [3.05, 3.63) is 65.7 Å². The molecule has 1 heterocycles. The largest absolute Gasteiger partial charge is 0.335 e. The van der Waals surface area contributed by atoms with Gasteiger partial charge in [0, 0.05) is 23.1 Å². The molecule has 3 heteroatoms. The number of thioether (sulfide) groups is 1. The van der Waals surface area contributed by atoms with E-state index in [-0.39, 0.29) is 6.04 Å². The van der Waals surface area contributed by atoms with Crippen molar-refractivity contribution >= 4 is 17.7 Å². The SMILES string of the molecule is CCCCN1C(=O)CC[C@H](Sc2ccc(C)cc2)[C@H]1c1ccccc1. The Kier molecular flexibility index (Phi) is 6.19. The van der Waals surface area contributed by atoms with E-state index in [1.165, 1.54) is 16.0 Å². The summed E-state index contributed by atoms with van der Waals surface area (Å²) in [5.41, 5.74) is 2.55. The van der Waals surface area contributed by atoms with Crippen LogP contribution in [0.25, 0.3) is 0 Å². The molecule has 2 aromatic rings. The molecule has 0 saturated carbocycles. The zero-order chi connectivity index (χ0) is 17.6. The highest BCUT2D eigenvalue weighted by molar-refractivity contribution is 8.00. The number of carbonyl (C=O) groups is 1. The fourth-order valence-electron chi connectivity index (χ4n) is 3.48. The van der Waals surface area contributed by atoms with Crippen LogP contribution in [-0.4, -0.2) is 22.6 Å². The van der Waals surface area contributed by atoms with Crippen LogP contribution in [0.4, 0.5) is 0 Å². The second kappa shape index (κ2) is 8.57. The topological polar surface area (TPSA) is 20.3 Å². The number of likely N-dealkylation sites (tertiary alicyclic amines) is 1. The van der Waals surface area contributed by atoms with Crippen LogP contribution in [0.3, 0.4) is 0 Å². The van der Waals surface area contributed by atoms with E-state index < -0.39 is 0 Å². The van der Waals surface area contributed by atoms with Gasteiger partial charge in [0.25, 0.3) is 0 Å². The first kappa shape index (κ1) is 18.1. The van der Waals surface area contributed by atoms with E-state index in [0.29, 0.717) is 17.6 Å². The lowest BCUT2D eigenvalue weighted by Gasteiger charge is -2.41. The van der Waals surface area contributed by atoms with Crippen LogP contribution < -0.4 is 0 Å². The number of benzene rings is 2. The highest BCUT2D eigenvalue weighted by Gasteiger charge is 2.36. The molecule has 0 radical (unpaired) electrons. The molecule has 1 fully saturated rings. The number of unbranched alkanes of at least 4 members (excludes halogenated alkanes) is 1. The van der Waals surface area contributed by atoms with Crippen molar-refractivity contribution < 1.29 is 4.79 Å². The van der Waals surface area contributed by atoms with Crippen LogP contribution in [0.1, 0.15) is 49.8 Å². The van der Waals surface area contributed by atoms with Gasteiger partial charge >= 0.3 is 0 Å². The highest BCUT2D eigenvalue weighted by Crippen LogP contribution is 2.42. The molecule has 0 bridgehead atoms. The molecule has 2 aromatic carbocycles. The second-order valence-electron chi connectivity index (χ2n) is 6.80. The number of amides is 1. The predicted octanol–water partition coefficient (Wildman–Crippen LogP) is 5.62. The average Bonchev–Trinajstić information content (AvgIpc) is 2.64. The summed E-state index contributed by atoms with van der Waals surface area (Å²) in [5.74, 6) is 0.308. The molecule has 1 saturated heterocycles. The molecule has 1 aliphatic heterocycles. The molecule has 0 unspecified atom stereocenters. The summed E-state index contributed by atoms with van der Waals surface area (Å²) < 4.78 is 0. The van der Waals surface area contributed by atoms with Crippen molar-refractivity contribution in [3.63, 3.8) is 0 Å². The normalized spacial score (nSPS) is 20.7. The van der Waals surface area contributed by atoms with Gasteiger partial charge in [-0.15, -0.1) is 11.8 Å². The van der Waals surface area contributed by atoms with Crippen LogP contribution in [-0.2, 0) is 4.79 Å². The van der Waals surface area contributed by atoms with Gasteiger partial charge in [0.15, 0.2) is 0 Å². The third-order valence-corrected chi connectivity index (χ3v) is 6.19. The molecule has 0 spiro atoms. The third-order valence-electron chi connectivity index (χ3n) is 4.85. The van der Waals surface area contributed by atoms with Crippen LogP contribution in [0, 0.1) is 6.92 Å². The zero-order valence-electron chi connectivity index (χ0n) is 15.2. The smallest absolute Gasteiger partial charge is 0.223 e. The molecule has 25 heavy (non-hydrogen) atoms. The maximum atomic E-state index is 12.6. The van der Waals surface area contributed by atoms with Crippen molar-refractivity contribution in [1.82, 2.24) is 4.90 Å². The van der Waals surface area contributed by atoms with Gasteiger partial charge in [0.1, 0.15) is 0 Å². The quantitative estimate of drug-likeness (QED) is 0.672. The summed E-state index contributed by atoms with van der Waals surface area (Å²) >= 11 is 1.92. The molecular formula is C22H27NOS. The minimum atomic E-state index is 0.167. The fraction of sp³-hybridized carbons (Fsp3) is 0.409. The second-order valence-corrected chi connectivity index (χ2v) is 8.12. The zero-order valence-corrected chi connectivity index (χ0v) is 16.0. The molecule has 132 valence electrons. The van der Waals surface area contributed by atoms with Gasteiger partial charge in [-0.3, -0.25) is 4.79 Å². The summed E-state index contributed by atoms with van der Waals surface area (Å²) in [5, 5.41) is 0.402. The van der Waals surface area contributed by atoms with Crippen LogP contribution in [0.2, 0.25) is 0 Å². The Morgan fingerprint density at radius 3 is 2.48 bits per heavy atom. The highest BCUT2D eigenvalue weighted by atomic mass is 32.2. The minimum absolute atomic E-state index is 0.167. The number of nitrogens with zero attached hydrogens (tertiary/aromatic N) is 1. The summed E-state index contributed by atoms with van der Waals surface area (Å²) in [6, 6.07) is 19.5. The van der Waals surface area contributed by atoms with Crippen LogP contribution in [0.5, 0.6) is 0 Å². The van der Waals surface area contributed by atoms with Crippen LogP contribution in [0.15, 0.2) is 59.5 Å². The Balaban J connectivity index is 1.88.